The summed E-state index contributed by atoms with van der Waals surface area (Å²) in [5, 5.41) is 2.73. The van der Waals surface area contributed by atoms with Crippen LogP contribution in [0.2, 0.25) is 0 Å². The van der Waals surface area contributed by atoms with Crippen molar-refractivity contribution in [3.05, 3.63) is 16.5 Å². The third-order valence-electron chi connectivity index (χ3n) is 1.36. The van der Waals surface area contributed by atoms with Crippen LogP contribution in [0, 0.1) is 6.92 Å². The van der Waals surface area contributed by atoms with Gasteiger partial charge in [0.05, 0.1) is 5.56 Å². The third-order valence-corrected chi connectivity index (χ3v) is 2.32. The van der Waals surface area contributed by atoms with Gasteiger partial charge in [0.1, 0.15) is 5.00 Å². The van der Waals surface area contributed by atoms with Crippen LogP contribution < -0.4 is 16.8 Å². The number of amides is 3. The van der Waals surface area contributed by atoms with Gasteiger partial charge in [0, 0.05) is 4.88 Å². The van der Waals surface area contributed by atoms with Crippen LogP contribution in [0.1, 0.15) is 15.2 Å². The molecule has 0 aliphatic heterocycles. The molecule has 0 aliphatic rings. The summed E-state index contributed by atoms with van der Waals surface area (Å²) in [6.45, 7) is 1.81. The van der Waals surface area contributed by atoms with Crippen LogP contribution in [-0.2, 0) is 0 Å². The maximum atomic E-state index is 10.9. The molecular formula is C7H9N3O2S. The van der Waals surface area contributed by atoms with Crippen LogP contribution in [0.3, 0.4) is 0 Å². The number of nitrogens with two attached hydrogens (primary N) is 2. The summed E-state index contributed by atoms with van der Waals surface area (Å²) in [6, 6.07) is 0.905. The predicted octanol–water partition coefficient (Wildman–Crippen LogP) is 0.646. The summed E-state index contributed by atoms with van der Waals surface area (Å²) >= 11 is 1.26. The number of carbonyl (C=O) groups is 2. The van der Waals surface area contributed by atoms with Crippen LogP contribution in [0.4, 0.5) is 9.80 Å². The number of thiophene rings is 1. The minimum absolute atomic E-state index is 0.293. The van der Waals surface area contributed by atoms with Crippen molar-refractivity contribution in [2.24, 2.45) is 11.5 Å². The number of hydrogen-bond acceptors (Lipinski definition) is 3. The Morgan fingerprint density at radius 2 is 2.08 bits per heavy atom. The molecule has 13 heavy (non-hydrogen) atoms. The topological polar surface area (TPSA) is 98.2 Å². The number of nitrogens with one attached hydrogen (secondary N) is 1. The fourth-order valence-electron chi connectivity index (χ4n) is 0.902. The molecule has 0 bridgehead atoms. The Morgan fingerprint density at radius 1 is 1.46 bits per heavy atom. The van der Waals surface area contributed by atoms with Crippen LogP contribution in [0.5, 0.6) is 0 Å². The SMILES string of the molecule is Cc1cc(C(N)=O)c(NC(N)=O)s1. The van der Waals surface area contributed by atoms with Gasteiger partial charge in [-0.2, -0.15) is 0 Å². The molecule has 5 nitrogen and oxygen atoms in total. The first-order valence-electron chi connectivity index (χ1n) is 3.47. The summed E-state index contributed by atoms with van der Waals surface area (Å²) in [5.74, 6) is -0.576. The second-order valence-corrected chi connectivity index (χ2v) is 3.71. The van der Waals surface area contributed by atoms with Crippen molar-refractivity contribution < 1.29 is 9.59 Å². The smallest absolute Gasteiger partial charge is 0.317 e. The zero-order valence-corrected chi connectivity index (χ0v) is 7.77. The Labute approximate surface area is 78.7 Å². The maximum Gasteiger partial charge on any atom is 0.317 e. The van der Waals surface area contributed by atoms with Gasteiger partial charge in [-0.25, -0.2) is 4.79 Å². The highest BCUT2D eigenvalue weighted by molar-refractivity contribution is 7.16. The first-order chi connectivity index (χ1) is 6.00. The van der Waals surface area contributed by atoms with Crippen molar-refractivity contribution in [1.29, 1.82) is 0 Å². The molecule has 0 aliphatic carbocycles. The van der Waals surface area contributed by atoms with Crippen LogP contribution in [0.15, 0.2) is 6.07 Å². The minimum Gasteiger partial charge on any atom is -0.366 e. The van der Waals surface area contributed by atoms with Gasteiger partial charge in [0.2, 0.25) is 0 Å². The molecule has 5 N–H and O–H groups in total. The summed E-state index contributed by atoms with van der Waals surface area (Å²) in [7, 11) is 0. The molecule has 1 aromatic rings. The second kappa shape index (κ2) is 3.44. The van der Waals surface area contributed by atoms with E-state index in [4.69, 9.17) is 11.5 Å². The number of primary amides is 2. The number of hydrogen-bond donors (Lipinski definition) is 3. The molecule has 0 fully saturated rings. The summed E-state index contributed by atoms with van der Waals surface area (Å²) in [5.41, 5.74) is 10.3. The molecular weight excluding hydrogens is 190 g/mol. The Hall–Kier alpha value is -1.56. The molecule has 0 saturated carbocycles. The van der Waals surface area contributed by atoms with Crippen molar-refractivity contribution in [3.8, 4) is 0 Å². The summed E-state index contributed by atoms with van der Waals surface area (Å²) in [4.78, 5) is 22.3. The van der Waals surface area contributed by atoms with E-state index in [1.54, 1.807) is 6.07 Å². The maximum absolute atomic E-state index is 10.9. The fraction of sp³-hybridized carbons (Fsp3) is 0.143. The molecule has 0 radical (unpaired) electrons. The molecule has 0 saturated heterocycles. The molecule has 3 amide bonds. The number of urea groups is 1. The largest absolute Gasteiger partial charge is 0.366 e. The van der Waals surface area contributed by atoms with E-state index >= 15 is 0 Å². The van der Waals surface area contributed by atoms with E-state index in [2.05, 4.69) is 5.32 Å². The molecule has 70 valence electrons. The van der Waals surface area contributed by atoms with E-state index in [9.17, 15) is 9.59 Å². The first kappa shape index (κ1) is 9.53. The lowest BCUT2D eigenvalue weighted by Crippen LogP contribution is -2.21. The average molecular weight is 199 g/mol. The molecule has 6 heteroatoms. The van der Waals surface area contributed by atoms with Crippen molar-refractivity contribution in [1.82, 2.24) is 0 Å². The van der Waals surface area contributed by atoms with Crippen LogP contribution in [-0.4, -0.2) is 11.9 Å². The Balaban J connectivity index is 3.04. The second-order valence-electron chi connectivity index (χ2n) is 2.45. The normalized spacial score (nSPS) is 9.62. The predicted molar refractivity (Wildman–Crippen MR) is 50.8 cm³/mol. The van der Waals surface area contributed by atoms with Gasteiger partial charge < -0.3 is 11.5 Å². The van der Waals surface area contributed by atoms with E-state index in [0.29, 0.717) is 10.6 Å². The molecule has 0 unspecified atom stereocenters. The number of aryl methyl sites for hydroxylation is 1. The molecule has 1 aromatic heterocycles. The monoisotopic (exact) mass is 199 g/mol. The summed E-state index contributed by atoms with van der Waals surface area (Å²) < 4.78 is 0. The lowest BCUT2D eigenvalue weighted by Gasteiger charge is -1.98. The molecule has 0 aromatic carbocycles. The van der Waals surface area contributed by atoms with Crippen molar-refractivity contribution in [2.45, 2.75) is 6.92 Å². The zero-order valence-electron chi connectivity index (χ0n) is 6.96. The fourth-order valence-corrected chi connectivity index (χ4v) is 1.82. The van der Waals surface area contributed by atoms with Gasteiger partial charge in [-0.05, 0) is 13.0 Å². The highest BCUT2D eigenvalue weighted by Gasteiger charge is 2.12. The van der Waals surface area contributed by atoms with Crippen LogP contribution in [0.25, 0.3) is 0 Å². The van der Waals surface area contributed by atoms with Gasteiger partial charge in [-0.15, -0.1) is 11.3 Å². The van der Waals surface area contributed by atoms with Crippen molar-refractivity contribution in [3.63, 3.8) is 0 Å². The standard InChI is InChI=1S/C7H9N3O2S/c1-3-2-4(5(8)11)6(13-3)10-7(9)12/h2H,1H3,(H2,8,11)(H3,9,10,12). The van der Waals surface area contributed by atoms with E-state index in [1.165, 1.54) is 11.3 Å². The van der Waals surface area contributed by atoms with Gasteiger partial charge in [0.25, 0.3) is 5.91 Å². The van der Waals surface area contributed by atoms with E-state index in [-0.39, 0.29) is 0 Å². The van der Waals surface area contributed by atoms with Crippen molar-refractivity contribution in [2.75, 3.05) is 5.32 Å². The molecule has 1 heterocycles. The lowest BCUT2D eigenvalue weighted by atomic mass is 10.3. The Bertz CT molecular complexity index is 359. The highest BCUT2D eigenvalue weighted by atomic mass is 32.1. The van der Waals surface area contributed by atoms with Gasteiger partial charge in [-0.1, -0.05) is 0 Å². The summed E-state index contributed by atoms with van der Waals surface area (Å²) in [6.07, 6.45) is 0. The minimum atomic E-state index is -0.704. The Kier molecular flexibility index (Phi) is 2.52. The first-order valence-corrected chi connectivity index (χ1v) is 4.29. The average Bonchev–Trinajstić information content (AvgIpc) is 2.29. The van der Waals surface area contributed by atoms with Gasteiger partial charge >= 0.3 is 6.03 Å². The molecule has 0 spiro atoms. The zero-order chi connectivity index (χ0) is 10.0. The lowest BCUT2D eigenvalue weighted by molar-refractivity contribution is 0.100. The highest BCUT2D eigenvalue weighted by Crippen LogP contribution is 2.26. The van der Waals surface area contributed by atoms with E-state index in [0.717, 1.165) is 4.88 Å². The van der Waals surface area contributed by atoms with Gasteiger partial charge in [-0.3, -0.25) is 10.1 Å². The quantitative estimate of drug-likeness (QED) is 0.651. The molecule has 1 rings (SSSR count). The van der Waals surface area contributed by atoms with Crippen LogP contribution >= 0.6 is 11.3 Å². The number of anilines is 1. The van der Waals surface area contributed by atoms with E-state index in [1.807, 2.05) is 6.92 Å². The molecule has 0 atom stereocenters. The Morgan fingerprint density at radius 3 is 2.54 bits per heavy atom. The van der Waals surface area contributed by atoms with E-state index < -0.39 is 11.9 Å². The third kappa shape index (κ3) is 2.19. The van der Waals surface area contributed by atoms with Crippen molar-refractivity contribution >= 4 is 28.3 Å². The number of rotatable bonds is 2. The number of carbonyl (C=O) groups excluding carboxylic acids is 2. The van der Waals surface area contributed by atoms with Gasteiger partial charge in [0.15, 0.2) is 0 Å².